The van der Waals surface area contributed by atoms with Crippen LogP contribution in [0.4, 0.5) is 0 Å². The van der Waals surface area contributed by atoms with Gasteiger partial charge in [0, 0.05) is 17.8 Å². The summed E-state index contributed by atoms with van der Waals surface area (Å²) in [5.74, 6) is 1.99. The predicted molar refractivity (Wildman–Crippen MR) is 84.0 cm³/mol. The molecule has 0 saturated heterocycles. The van der Waals surface area contributed by atoms with Gasteiger partial charge in [-0.25, -0.2) is 4.98 Å². The molecule has 0 bridgehead atoms. The van der Waals surface area contributed by atoms with E-state index in [1.54, 1.807) is 0 Å². The lowest BCUT2D eigenvalue weighted by molar-refractivity contribution is 0.319. The molecule has 2 N–H and O–H groups in total. The lowest BCUT2D eigenvalue weighted by Crippen LogP contribution is -2.17. The summed E-state index contributed by atoms with van der Waals surface area (Å²) < 4.78 is 11.4. The molecule has 1 heterocycles. The van der Waals surface area contributed by atoms with E-state index in [0.29, 0.717) is 18.2 Å². The molecule has 1 atom stereocenters. The molecule has 0 fully saturated rings. The van der Waals surface area contributed by atoms with E-state index < -0.39 is 0 Å². The van der Waals surface area contributed by atoms with Gasteiger partial charge >= 0.3 is 0 Å². The average Bonchev–Trinajstić information content (AvgIpc) is 2.43. The fourth-order valence-corrected chi connectivity index (χ4v) is 2.12. The van der Waals surface area contributed by atoms with Crippen molar-refractivity contribution in [3.63, 3.8) is 0 Å². The van der Waals surface area contributed by atoms with E-state index in [2.05, 4.69) is 11.1 Å². The normalized spacial score (nSPS) is 12.0. The Morgan fingerprint density at radius 1 is 1.24 bits per heavy atom. The number of para-hydroxylation sites is 2. The van der Waals surface area contributed by atoms with E-state index in [0.717, 1.165) is 23.3 Å². The Bertz CT molecular complexity index is 597. The van der Waals surface area contributed by atoms with Crippen LogP contribution in [0.3, 0.4) is 0 Å². The predicted octanol–water partition coefficient (Wildman–Crippen LogP) is 3.47. The van der Waals surface area contributed by atoms with Crippen molar-refractivity contribution in [1.29, 1.82) is 0 Å². The quantitative estimate of drug-likeness (QED) is 0.883. The molecular formula is C17H22N2O2. The molecule has 0 aliphatic carbocycles. The number of hydrogen-bond donors (Lipinski definition) is 1. The molecule has 0 radical (unpaired) electrons. The van der Waals surface area contributed by atoms with Gasteiger partial charge in [-0.1, -0.05) is 12.1 Å². The number of pyridine rings is 1. The molecule has 1 aromatic heterocycles. The zero-order valence-electron chi connectivity index (χ0n) is 12.8. The lowest BCUT2D eigenvalue weighted by Gasteiger charge is -2.13. The van der Waals surface area contributed by atoms with Gasteiger partial charge in [0.05, 0.1) is 6.61 Å². The van der Waals surface area contributed by atoms with Crippen LogP contribution in [-0.4, -0.2) is 17.6 Å². The molecule has 112 valence electrons. The number of benzene rings is 1. The third-order valence-electron chi connectivity index (χ3n) is 3.00. The summed E-state index contributed by atoms with van der Waals surface area (Å²) in [6.45, 7) is 6.51. The van der Waals surface area contributed by atoms with Crippen molar-refractivity contribution < 1.29 is 9.47 Å². The van der Waals surface area contributed by atoms with Gasteiger partial charge in [0.1, 0.15) is 0 Å². The van der Waals surface area contributed by atoms with E-state index in [-0.39, 0.29) is 6.04 Å². The minimum absolute atomic E-state index is 0.122. The van der Waals surface area contributed by atoms with Gasteiger partial charge in [-0.3, -0.25) is 0 Å². The first kappa shape index (κ1) is 15.3. The van der Waals surface area contributed by atoms with Crippen LogP contribution in [0.1, 0.15) is 25.0 Å². The minimum atomic E-state index is 0.122. The molecule has 0 saturated carbocycles. The van der Waals surface area contributed by atoms with E-state index in [4.69, 9.17) is 15.2 Å². The Morgan fingerprint density at radius 3 is 2.57 bits per heavy atom. The van der Waals surface area contributed by atoms with Gasteiger partial charge in [-0.05, 0) is 51.0 Å². The minimum Gasteiger partial charge on any atom is -0.490 e. The second-order valence-corrected chi connectivity index (χ2v) is 5.13. The van der Waals surface area contributed by atoms with Gasteiger partial charge in [0.25, 0.3) is 0 Å². The van der Waals surface area contributed by atoms with Crippen LogP contribution in [-0.2, 0) is 6.42 Å². The smallest absolute Gasteiger partial charge is 0.222 e. The highest BCUT2D eigenvalue weighted by atomic mass is 16.5. The summed E-state index contributed by atoms with van der Waals surface area (Å²) in [5.41, 5.74) is 7.92. The molecule has 0 aliphatic rings. The fourth-order valence-electron chi connectivity index (χ4n) is 2.12. The third kappa shape index (κ3) is 4.20. The molecule has 2 rings (SSSR count). The summed E-state index contributed by atoms with van der Waals surface area (Å²) in [4.78, 5) is 4.39. The van der Waals surface area contributed by atoms with Crippen molar-refractivity contribution in [2.45, 2.75) is 33.2 Å². The molecule has 0 aliphatic heterocycles. The zero-order chi connectivity index (χ0) is 15.2. The zero-order valence-corrected chi connectivity index (χ0v) is 12.8. The SMILES string of the molecule is CCOc1ccccc1Oc1ncc(CC(C)N)cc1C. The highest BCUT2D eigenvalue weighted by molar-refractivity contribution is 5.43. The monoisotopic (exact) mass is 286 g/mol. The molecule has 21 heavy (non-hydrogen) atoms. The standard InChI is InChI=1S/C17H22N2O2/c1-4-20-15-7-5-6-8-16(15)21-17-12(2)9-14(11-19-17)10-13(3)18/h5-9,11,13H,4,10,18H2,1-3H3. The summed E-state index contributed by atoms with van der Waals surface area (Å²) in [6, 6.07) is 9.79. The summed E-state index contributed by atoms with van der Waals surface area (Å²) in [6.07, 6.45) is 2.62. The van der Waals surface area contributed by atoms with Gasteiger partial charge in [-0.15, -0.1) is 0 Å². The summed E-state index contributed by atoms with van der Waals surface area (Å²) in [7, 11) is 0. The van der Waals surface area contributed by atoms with Gasteiger partial charge in [-0.2, -0.15) is 0 Å². The van der Waals surface area contributed by atoms with Crippen molar-refractivity contribution >= 4 is 0 Å². The van der Waals surface area contributed by atoms with Crippen molar-refractivity contribution in [2.24, 2.45) is 5.73 Å². The first-order chi connectivity index (χ1) is 10.1. The van der Waals surface area contributed by atoms with Gasteiger partial charge in [0.2, 0.25) is 5.88 Å². The number of ether oxygens (including phenoxy) is 2. The molecule has 1 unspecified atom stereocenters. The van der Waals surface area contributed by atoms with Gasteiger partial charge < -0.3 is 15.2 Å². The topological polar surface area (TPSA) is 57.4 Å². The highest BCUT2D eigenvalue weighted by Gasteiger charge is 2.09. The second kappa shape index (κ2) is 7.09. The van der Waals surface area contributed by atoms with E-state index in [1.807, 2.05) is 51.2 Å². The summed E-state index contributed by atoms with van der Waals surface area (Å²) in [5, 5.41) is 0. The Morgan fingerprint density at radius 2 is 1.95 bits per heavy atom. The van der Waals surface area contributed by atoms with Crippen LogP contribution >= 0.6 is 0 Å². The number of nitrogens with zero attached hydrogens (tertiary/aromatic N) is 1. The number of nitrogens with two attached hydrogens (primary N) is 1. The Hall–Kier alpha value is -2.07. The Kier molecular flexibility index (Phi) is 5.17. The fraction of sp³-hybridized carbons (Fsp3) is 0.353. The number of aromatic nitrogens is 1. The van der Waals surface area contributed by atoms with Crippen LogP contribution in [0.2, 0.25) is 0 Å². The maximum Gasteiger partial charge on any atom is 0.222 e. The summed E-state index contributed by atoms with van der Waals surface area (Å²) >= 11 is 0. The number of aryl methyl sites for hydroxylation is 1. The van der Waals surface area contributed by atoms with Crippen LogP contribution < -0.4 is 15.2 Å². The molecule has 1 aromatic carbocycles. The van der Waals surface area contributed by atoms with E-state index in [1.165, 1.54) is 0 Å². The molecule has 4 nitrogen and oxygen atoms in total. The van der Waals surface area contributed by atoms with Crippen molar-refractivity contribution in [2.75, 3.05) is 6.61 Å². The molecule has 0 spiro atoms. The number of hydrogen-bond acceptors (Lipinski definition) is 4. The molecular weight excluding hydrogens is 264 g/mol. The van der Waals surface area contributed by atoms with E-state index in [9.17, 15) is 0 Å². The molecule has 0 amide bonds. The lowest BCUT2D eigenvalue weighted by atomic mass is 10.1. The first-order valence-corrected chi connectivity index (χ1v) is 7.21. The number of rotatable bonds is 6. The Labute approximate surface area is 125 Å². The maximum absolute atomic E-state index is 5.89. The van der Waals surface area contributed by atoms with Crippen molar-refractivity contribution in [3.8, 4) is 17.4 Å². The maximum atomic E-state index is 5.89. The highest BCUT2D eigenvalue weighted by Crippen LogP contribution is 2.31. The van der Waals surface area contributed by atoms with Gasteiger partial charge in [0.15, 0.2) is 11.5 Å². The van der Waals surface area contributed by atoms with E-state index >= 15 is 0 Å². The van der Waals surface area contributed by atoms with Crippen LogP contribution in [0, 0.1) is 6.92 Å². The van der Waals surface area contributed by atoms with Crippen molar-refractivity contribution in [3.05, 3.63) is 47.7 Å². The third-order valence-corrected chi connectivity index (χ3v) is 3.00. The van der Waals surface area contributed by atoms with Crippen LogP contribution in [0.15, 0.2) is 36.5 Å². The second-order valence-electron chi connectivity index (χ2n) is 5.13. The average molecular weight is 286 g/mol. The first-order valence-electron chi connectivity index (χ1n) is 7.21. The molecule has 4 heteroatoms. The largest absolute Gasteiger partial charge is 0.490 e. The van der Waals surface area contributed by atoms with Crippen LogP contribution in [0.5, 0.6) is 17.4 Å². The van der Waals surface area contributed by atoms with Crippen molar-refractivity contribution in [1.82, 2.24) is 4.98 Å². The van der Waals surface area contributed by atoms with Crippen LogP contribution in [0.25, 0.3) is 0 Å². The molecule has 2 aromatic rings. The Balaban J connectivity index is 2.20.